The molecule has 1 aliphatic carbocycles. The van der Waals surface area contributed by atoms with E-state index in [0.29, 0.717) is 6.04 Å². The molecule has 24 heavy (non-hydrogen) atoms. The van der Waals surface area contributed by atoms with E-state index in [4.69, 9.17) is 0 Å². The fourth-order valence-corrected chi connectivity index (χ4v) is 3.41. The van der Waals surface area contributed by atoms with Crippen LogP contribution in [0.1, 0.15) is 37.4 Å². The van der Waals surface area contributed by atoms with Gasteiger partial charge in [-0.2, -0.15) is 10.2 Å². The van der Waals surface area contributed by atoms with Gasteiger partial charge in [-0.25, -0.2) is 14.2 Å². The molecular weight excluding hydrogens is 304 g/mol. The predicted molar refractivity (Wildman–Crippen MR) is 91.1 cm³/mol. The molecule has 3 heterocycles. The minimum Gasteiger partial charge on any atom is -0.366 e. The largest absolute Gasteiger partial charge is 0.366 e. The zero-order valence-electron chi connectivity index (χ0n) is 13.6. The SMILES string of the molecule is Cc1ccc(=O)n(C2CCC(Nc3nccn4nccc34)CC2)n1. The summed E-state index contributed by atoms with van der Waals surface area (Å²) in [6.45, 7) is 1.92. The molecule has 1 N–H and O–H groups in total. The highest BCUT2D eigenvalue weighted by Gasteiger charge is 2.24. The Labute approximate surface area is 139 Å². The van der Waals surface area contributed by atoms with Crippen LogP contribution in [0.15, 0.2) is 41.6 Å². The van der Waals surface area contributed by atoms with Crippen LogP contribution in [0, 0.1) is 6.92 Å². The molecule has 3 aromatic heterocycles. The van der Waals surface area contributed by atoms with Gasteiger partial charge in [0, 0.05) is 24.5 Å². The van der Waals surface area contributed by atoms with Gasteiger partial charge in [0.2, 0.25) is 0 Å². The fraction of sp³-hybridized carbons (Fsp3) is 0.412. The van der Waals surface area contributed by atoms with Crippen molar-refractivity contribution >= 4 is 11.3 Å². The number of nitrogens with zero attached hydrogens (tertiary/aromatic N) is 5. The smallest absolute Gasteiger partial charge is 0.267 e. The second-order valence-corrected chi connectivity index (χ2v) is 6.34. The molecular formula is C17H20N6O. The number of anilines is 1. The van der Waals surface area contributed by atoms with Gasteiger partial charge in [-0.3, -0.25) is 4.79 Å². The van der Waals surface area contributed by atoms with Gasteiger partial charge in [-0.15, -0.1) is 0 Å². The second-order valence-electron chi connectivity index (χ2n) is 6.34. The number of aryl methyl sites for hydroxylation is 1. The number of fused-ring (bicyclic) bond motifs is 1. The molecule has 1 fully saturated rings. The first-order valence-electron chi connectivity index (χ1n) is 8.32. The van der Waals surface area contributed by atoms with Crippen molar-refractivity contribution in [1.29, 1.82) is 0 Å². The van der Waals surface area contributed by atoms with Gasteiger partial charge in [-0.1, -0.05) is 0 Å². The lowest BCUT2D eigenvalue weighted by Gasteiger charge is -2.30. The maximum Gasteiger partial charge on any atom is 0.267 e. The minimum absolute atomic E-state index is 0.0114. The van der Waals surface area contributed by atoms with E-state index in [1.807, 2.05) is 23.7 Å². The minimum atomic E-state index is -0.0114. The second kappa shape index (κ2) is 6.07. The van der Waals surface area contributed by atoms with Crippen LogP contribution in [0.2, 0.25) is 0 Å². The Balaban J connectivity index is 1.46. The van der Waals surface area contributed by atoms with Gasteiger partial charge < -0.3 is 5.32 Å². The van der Waals surface area contributed by atoms with Crippen LogP contribution < -0.4 is 10.9 Å². The molecule has 0 saturated heterocycles. The standard InChI is InChI=1S/C17H20N6O/c1-12-2-7-16(24)23(21-12)14-5-3-13(4-6-14)20-17-15-8-9-19-22(15)11-10-18-17/h2,7-11,13-14H,3-6H2,1H3,(H,18,20). The quantitative estimate of drug-likeness (QED) is 0.799. The van der Waals surface area contributed by atoms with E-state index >= 15 is 0 Å². The Bertz CT molecular complexity index is 907. The number of nitrogens with one attached hydrogen (secondary N) is 1. The summed E-state index contributed by atoms with van der Waals surface area (Å²) < 4.78 is 3.47. The molecule has 7 heteroatoms. The first kappa shape index (κ1) is 14.9. The van der Waals surface area contributed by atoms with E-state index in [9.17, 15) is 4.79 Å². The molecule has 0 atom stereocenters. The van der Waals surface area contributed by atoms with Gasteiger partial charge in [0.25, 0.3) is 5.56 Å². The van der Waals surface area contributed by atoms with Crippen molar-refractivity contribution in [2.24, 2.45) is 0 Å². The van der Waals surface area contributed by atoms with Crippen LogP contribution in [0.3, 0.4) is 0 Å². The molecule has 1 aliphatic rings. The van der Waals surface area contributed by atoms with E-state index in [0.717, 1.165) is 42.7 Å². The Morgan fingerprint density at radius 2 is 1.96 bits per heavy atom. The normalized spacial score (nSPS) is 21.0. The summed E-state index contributed by atoms with van der Waals surface area (Å²) in [5, 5.41) is 12.2. The molecule has 0 spiro atoms. The van der Waals surface area contributed by atoms with Gasteiger partial charge in [0.1, 0.15) is 5.52 Å². The molecule has 4 rings (SSSR count). The summed E-state index contributed by atoms with van der Waals surface area (Å²) in [6.07, 6.45) is 9.23. The zero-order valence-corrected chi connectivity index (χ0v) is 13.6. The van der Waals surface area contributed by atoms with Gasteiger partial charge in [0.05, 0.1) is 17.9 Å². The van der Waals surface area contributed by atoms with Crippen molar-refractivity contribution < 1.29 is 0 Å². The molecule has 0 unspecified atom stereocenters. The third-order valence-electron chi connectivity index (χ3n) is 4.67. The van der Waals surface area contributed by atoms with Gasteiger partial charge in [-0.05, 0) is 44.7 Å². The highest BCUT2D eigenvalue weighted by atomic mass is 16.1. The maximum absolute atomic E-state index is 12.0. The van der Waals surface area contributed by atoms with Gasteiger partial charge in [0.15, 0.2) is 5.82 Å². The number of hydrogen-bond donors (Lipinski definition) is 1. The lowest BCUT2D eigenvalue weighted by Crippen LogP contribution is -2.33. The average Bonchev–Trinajstić information content (AvgIpc) is 3.08. The Morgan fingerprint density at radius 1 is 1.12 bits per heavy atom. The monoisotopic (exact) mass is 324 g/mol. The lowest BCUT2D eigenvalue weighted by atomic mass is 9.91. The highest BCUT2D eigenvalue weighted by molar-refractivity contribution is 5.67. The van der Waals surface area contributed by atoms with Crippen molar-refractivity contribution in [3.05, 3.63) is 52.8 Å². The molecule has 0 amide bonds. The van der Waals surface area contributed by atoms with E-state index in [-0.39, 0.29) is 11.6 Å². The number of rotatable bonds is 3. The van der Waals surface area contributed by atoms with Crippen LogP contribution in [0.5, 0.6) is 0 Å². The van der Waals surface area contributed by atoms with Crippen LogP contribution in [0.4, 0.5) is 5.82 Å². The Morgan fingerprint density at radius 3 is 2.79 bits per heavy atom. The molecule has 3 aromatic rings. The summed E-state index contributed by atoms with van der Waals surface area (Å²) in [4.78, 5) is 16.5. The molecule has 1 saturated carbocycles. The molecule has 0 radical (unpaired) electrons. The first-order chi connectivity index (χ1) is 11.7. The maximum atomic E-state index is 12.0. The average molecular weight is 324 g/mol. The molecule has 7 nitrogen and oxygen atoms in total. The summed E-state index contributed by atoms with van der Waals surface area (Å²) in [6, 6.07) is 5.88. The van der Waals surface area contributed by atoms with Gasteiger partial charge >= 0.3 is 0 Å². The van der Waals surface area contributed by atoms with E-state index < -0.39 is 0 Å². The highest BCUT2D eigenvalue weighted by Crippen LogP contribution is 2.29. The van der Waals surface area contributed by atoms with Crippen molar-refractivity contribution in [2.45, 2.75) is 44.7 Å². The molecule has 124 valence electrons. The third-order valence-corrected chi connectivity index (χ3v) is 4.67. The summed E-state index contributed by atoms with van der Waals surface area (Å²) in [5.41, 5.74) is 1.85. The predicted octanol–water partition coefficient (Wildman–Crippen LogP) is 2.19. The Hall–Kier alpha value is -2.70. The molecule has 0 bridgehead atoms. The molecule has 0 aliphatic heterocycles. The fourth-order valence-electron chi connectivity index (χ4n) is 3.41. The van der Waals surface area contributed by atoms with Crippen molar-refractivity contribution in [3.63, 3.8) is 0 Å². The van der Waals surface area contributed by atoms with Crippen molar-refractivity contribution in [2.75, 3.05) is 5.32 Å². The van der Waals surface area contributed by atoms with Crippen LogP contribution in [-0.2, 0) is 0 Å². The molecule has 0 aromatic carbocycles. The topological polar surface area (TPSA) is 77.1 Å². The summed E-state index contributed by atoms with van der Waals surface area (Å²) >= 11 is 0. The number of hydrogen-bond acceptors (Lipinski definition) is 5. The van der Waals surface area contributed by atoms with Crippen molar-refractivity contribution in [1.82, 2.24) is 24.4 Å². The van der Waals surface area contributed by atoms with E-state index in [1.165, 1.54) is 0 Å². The summed E-state index contributed by atoms with van der Waals surface area (Å²) in [7, 11) is 0. The van der Waals surface area contributed by atoms with E-state index in [1.54, 1.807) is 29.2 Å². The third kappa shape index (κ3) is 2.77. The van der Waals surface area contributed by atoms with Crippen LogP contribution in [0.25, 0.3) is 5.52 Å². The zero-order chi connectivity index (χ0) is 16.5. The Kier molecular flexibility index (Phi) is 3.76. The lowest BCUT2D eigenvalue weighted by molar-refractivity contribution is 0.302. The van der Waals surface area contributed by atoms with Crippen molar-refractivity contribution in [3.8, 4) is 0 Å². The summed E-state index contributed by atoms with van der Waals surface area (Å²) in [5.74, 6) is 0.865. The first-order valence-corrected chi connectivity index (χ1v) is 8.32. The van der Waals surface area contributed by atoms with Crippen LogP contribution >= 0.6 is 0 Å². The van der Waals surface area contributed by atoms with Crippen LogP contribution in [-0.4, -0.2) is 30.4 Å². The van der Waals surface area contributed by atoms with E-state index in [2.05, 4.69) is 20.5 Å². The number of aromatic nitrogens is 5.